The molecule has 2 fully saturated rings. The Balaban J connectivity index is 0.000000637. The Morgan fingerprint density at radius 2 is 1.52 bits per heavy atom. The quantitative estimate of drug-likeness (QED) is 0.401. The van der Waals surface area contributed by atoms with Crippen molar-refractivity contribution in [2.45, 2.75) is 77.2 Å². The van der Waals surface area contributed by atoms with Gasteiger partial charge in [0.25, 0.3) is 5.91 Å². The molecule has 0 saturated carbocycles. The fourth-order valence-electron chi connectivity index (χ4n) is 6.14. The molecular weight excluding hydrogens is 607 g/mol. The summed E-state index contributed by atoms with van der Waals surface area (Å²) in [4.78, 5) is 47.7. The molecule has 11 nitrogen and oxygen atoms in total. The highest BCUT2D eigenvalue weighted by Crippen LogP contribution is 2.35. The highest BCUT2D eigenvalue weighted by atomic mass is 19.4. The van der Waals surface area contributed by atoms with E-state index >= 15 is 0 Å². The van der Waals surface area contributed by atoms with E-state index in [4.69, 9.17) is 14.9 Å². The summed E-state index contributed by atoms with van der Waals surface area (Å²) in [5, 5.41) is 15.8. The number of aromatic nitrogens is 2. The lowest BCUT2D eigenvalue weighted by molar-refractivity contribution is -0.143. The van der Waals surface area contributed by atoms with Crippen LogP contribution < -0.4 is 0 Å². The predicted octanol–water partition coefficient (Wildman–Crippen LogP) is 4.44. The number of piperazine rings is 1. The summed E-state index contributed by atoms with van der Waals surface area (Å²) < 4.78 is 44.7. The number of nitrogens with zero attached hydrogens (tertiary/aromatic N) is 5. The summed E-state index contributed by atoms with van der Waals surface area (Å²) in [5.41, 5.74) is 2.18. The van der Waals surface area contributed by atoms with Gasteiger partial charge in [0.1, 0.15) is 6.33 Å². The third-order valence-electron chi connectivity index (χ3n) is 8.91. The molecule has 2 aliphatic rings. The number of rotatable bonds is 9. The van der Waals surface area contributed by atoms with E-state index in [0.29, 0.717) is 36.6 Å². The first kappa shape index (κ1) is 36.8. The summed E-state index contributed by atoms with van der Waals surface area (Å²) in [6.07, 6.45) is -1.71. The molecule has 254 valence electrons. The number of hydrogen-bond acceptors (Lipinski definition) is 8. The first-order chi connectivity index (χ1) is 21.6. The standard InChI is InChI=1S/C28H38F3N5O2.C4H6O4/c1-19-16-35(14-15-36(19)24(17-38-5)22-6-8-23(9-7-22)28(29,30)31)27(4)10-12-34(13-11-27)26(37)25-20(2)32-18-33-21(25)3;5-3(6)1-2-4(7)8/h6-9,18-19,24H,10-17H2,1-5H3;1-2H2,(H,5,6)(H,7,8)/t19-,24-;/m0./s1. The van der Waals surface area contributed by atoms with Crippen LogP contribution in [0.3, 0.4) is 0 Å². The lowest BCUT2D eigenvalue weighted by Gasteiger charge is -2.52. The van der Waals surface area contributed by atoms with Gasteiger partial charge in [0, 0.05) is 51.4 Å². The van der Waals surface area contributed by atoms with Crippen molar-refractivity contribution < 1.29 is 42.5 Å². The number of piperidine rings is 1. The number of aliphatic carboxylic acids is 2. The van der Waals surface area contributed by atoms with E-state index in [0.717, 1.165) is 50.2 Å². The molecule has 2 N–H and O–H groups in total. The van der Waals surface area contributed by atoms with E-state index in [1.165, 1.54) is 6.33 Å². The lowest BCUT2D eigenvalue weighted by atomic mass is 9.86. The average molecular weight is 652 g/mol. The van der Waals surface area contributed by atoms with Crippen molar-refractivity contribution in [2.24, 2.45) is 0 Å². The molecule has 2 saturated heterocycles. The number of amides is 1. The second kappa shape index (κ2) is 15.8. The summed E-state index contributed by atoms with van der Waals surface area (Å²) >= 11 is 0. The van der Waals surface area contributed by atoms with Crippen molar-refractivity contribution in [1.82, 2.24) is 24.7 Å². The minimum Gasteiger partial charge on any atom is -0.481 e. The number of halogens is 3. The summed E-state index contributed by atoms with van der Waals surface area (Å²) in [6.45, 7) is 12.4. The maximum absolute atomic E-state index is 13.2. The Labute approximate surface area is 267 Å². The smallest absolute Gasteiger partial charge is 0.416 e. The van der Waals surface area contributed by atoms with Gasteiger partial charge < -0.3 is 19.8 Å². The highest BCUT2D eigenvalue weighted by Gasteiger charge is 2.41. The molecule has 0 bridgehead atoms. The van der Waals surface area contributed by atoms with Gasteiger partial charge in [-0.1, -0.05) is 12.1 Å². The van der Waals surface area contributed by atoms with Crippen molar-refractivity contribution in [3.05, 3.63) is 58.7 Å². The molecule has 1 aromatic carbocycles. The lowest BCUT2D eigenvalue weighted by Crippen LogP contribution is -2.62. The number of carbonyl (C=O) groups is 3. The molecule has 0 unspecified atom stereocenters. The van der Waals surface area contributed by atoms with Gasteiger partial charge in [0.2, 0.25) is 0 Å². The van der Waals surface area contributed by atoms with Gasteiger partial charge in [-0.3, -0.25) is 24.2 Å². The monoisotopic (exact) mass is 651 g/mol. The van der Waals surface area contributed by atoms with Gasteiger partial charge in [-0.2, -0.15) is 13.2 Å². The molecule has 1 aromatic heterocycles. The third-order valence-corrected chi connectivity index (χ3v) is 8.91. The zero-order chi connectivity index (χ0) is 34.2. The molecule has 0 radical (unpaired) electrons. The van der Waals surface area contributed by atoms with E-state index in [1.54, 1.807) is 19.2 Å². The van der Waals surface area contributed by atoms with Crippen LogP contribution in [-0.4, -0.2) is 111 Å². The number of carboxylic acid groups (broad SMARTS) is 2. The Morgan fingerprint density at radius 1 is 0.978 bits per heavy atom. The minimum atomic E-state index is -4.35. The van der Waals surface area contributed by atoms with Crippen LogP contribution in [0.1, 0.15) is 78.4 Å². The number of hydrogen-bond donors (Lipinski definition) is 2. The number of carboxylic acids is 2. The Hall–Kier alpha value is -3.62. The molecule has 2 aromatic rings. The van der Waals surface area contributed by atoms with Crippen LogP contribution in [0.2, 0.25) is 0 Å². The van der Waals surface area contributed by atoms with E-state index in [2.05, 4.69) is 33.6 Å². The van der Waals surface area contributed by atoms with Crippen LogP contribution in [-0.2, 0) is 20.5 Å². The van der Waals surface area contributed by atoms with Crippen molar-refractivity contribution in [1.29, 1.82) is 0 Å². The third kappa shape index (κ3) is 9.46. The van der Waals surface area contributed by atoms with E-state index < -0.39 is 23.7 Å². The Bertz CT molecular complexity index is 1310. The van der Waals surface area contributed by atoms with Crippen molar-refractivity contribution in [3.8, 4) is 0 Å². The van der Waals surface area contributed by atoms with Gasteiger partial charge in [-0.15, -0.1) is 0 Å². The second-order valence-electron chi connectivity index (χ2n) is 12.1. The van der Waals surface area contributed by atoms with E-state index in [-0.39, 0.29) is 36.4 Å². The molecule has 46 heavy (non-hydrogen) atoms. The van der Waals surface area contributed by atoms with Crippen LogP contribution in [0.15, 0.2) is 30.6 Å². The molecule has 4 rings (SSSR count). The number of aryl methyl sites for hydroxylation is 2. The number of alkyl halides is 3. The summed E-state index contributed by atoms with van der Waals surface area (Å²) in [5.74, 6) is -2.15. The average Bonchev–Trinajstić information content (AvgIpc) is 2.99. The molecule has 14 heteroatoms. The first-order valence-corrected chi connectivity index (χ1v) is 15.2. The number of likely N-dealkylation sites (tertiary alicyclic amines) is 1. The summed E-state index contributed by atoms with van der Waals surface area (Å²) in [6, 6.07) is 5.52. The fraction of sp³-hybridized carbons (Fsp3) is 0.594. The minimum absolute atomic E-state index is 0.000198. The van der Waals surface area contributed by atoms with Crippen LogP contribution in [0.4, 0.5) is 13.2 Å². The van der Waals surface area contributed by atoms with Crippen molar-refractivity contribution in [3.63, 3.8) is 0 Å². The maximum atomic E-state index is 13.2. The molecule has 0 aliphatic carbocycles. The number of carbonyl (C=O) groups excluding carboxylic acids is 1. The van der Waals surface area contributed by atoms with Crippen LogP contribution in [0.25, 0.3) is 0 Å². The zero-order valence-electron chi connectivity index (χ0n) is 27.0. The van der Waals surface area contributed by atoms with E-state index in [9.17, 15) is 27.6 Å². The topological polar surface area (TPSA) is 136 Å². The van der Waals surface area contributed by atoms with Crippen LogP contribution in [0.5, 0.6) is 0 Å². The normalized spacial score (nSPS) is 19.6. The molecule has 3 heterocycles. The molecule has 2 aliphatic heterocycles. The second-order valence-corrected chi connectivity index (χ2v) is 12.1. The fourth-order valence-corrected chi connectivity index (χ4v) is 6.14. The Kier molecular flexibility index (Phi) is 12.6. The Morgan fingerprint density at radius 3 is 1.98 bits per heavy atom. The zero-order valence-corrected chi connectivity index (χ0v) is 27.0. The van der Waals surface area contributed by atoms with E-state index in [1.807, 2.05) is 18.7 Å². The maximum Gasteiger partial charge on any atom is 0.416 e. The predicted molar refractivity (Wildman–Crippen MR) is 163 cm³/mol. The number of ether oxygens (including phenoxy) is 1. The van der Waals surface area contributed by atoms with Gasteiger partial charge in [0.15, 0.2) is 0 Å². The highest BCUT2D eigenvalue weighted by molar-refractivity contribution is 5.96. The summed E-state index contributed by atoms with van der Waals surface area (Å²) in [7, 11) is 1.62. The molecular formula is C32H44F3N5O6. The molecule has 1 amide bonds. The first-order valence-electron chi connectivity index (χ1n) is 15.2. The SMILES string of the molecule is COC[C@@H](c1ccc(C(F)(F)F)cc1)N1CCN(C2(C)CCN(C(=O)c3c(C)ncnc3C)CC2)C[C@@H]1C.O=C(O)CCC(=O)O. The van der Waals surface area contributed by atoms with Gasteiger partial charge in [-0.05, 0) is 58.2 Å². The molecule has 2 atom stereocenters. The van der Waals surface area contributed by atoms with Gasteiger partial charge in [-0.25, -0.2) is 9.97 Å². The number of methoxy groups -OCH3 is 1. The largest absolute Gasteiger partial charge is 0.481 e. The molecule has 0 spiro atoms. The number of benzene rings is 1. The van der Waals surface area contributed by atoms with Gasteiger partial charge in [0.05, 0.1) is 48.0 Å². The van der Waals surface area contributed by atoms with Crippen molar-refractivity contribution in [2.75, 3.05) is 46.4 Å². The van der Waals surface area contributed by atoms with Crippen LogP contribution in [0, 0.1) is 13.8 Å². The van der Waals surface area contributed by atoms with Gasteiger partial charge >= 0.3 is 18.1 Å². The van der Waals surface area contributed by atoms with Crippen molar-refractivity contribution >= 4 is 17.8 Å². The van der Waals surface area contributed by atoms with Crippen LogP contribution >= 0.6 is 0 Å².